The van der Waals surface area contributed by atoms with Gasteiger partial charge in [-0.2, -0.15) is 0 Å². The fraction of sp³-hybridized carbons (Fsp3) is 0.538. The molecule has 0 spiro atoms. The Kier molecular flexibility index (Phi) is 7.30. The minimum Gasteiger partial charge on any atom is -0.349 e. The molecule has 6 heteroatoms. The van der Waals surface area contributed by atoms with Crippen LogP contribution in [-0.2, 0) is 18.9 Å². The van der Waals surface area contributed by atoms with E-state index in [1.807, 2.05) is 64.1 Å². The Hall–Kier alpha value is -1.80. The standard InChI is InChI=1S/C26H36N2O4/c1-25(2)29-17-21(23(31-25)19-11-7-5-8-12-19)27-15-16-28-22-18-30-26(3,4)32-24(22)20-13-9-6-10-14-20/h5-14,21-24,27-28H,15-18H2,1-4H3/t21-,22-,23-,24-/m0/s1. The molecule has 0 bridgehead atoms. The zero-order chi connectivity index (χ0) is 22.6. The van der Waals surface area contributed by atoms with Crippen LogP contribution in [-0.4, -0.2) is 50.0 Å². The molecule has 2 aromatic carbocycles. The third kappa shape index (κ3) is 5.95. The first-order valence-corrected chi connectivity index (χ1v) is 11.5. The molecule has 4 rings (SSSR count). The molecule has 0 saturated carbocycles. The Morgan fingerprint density at radius 2 is 1.03 bits per heavy atom. The van der Waals surface area contributed by atoms with Crippen molar-refractivity contribution in [1.82, 2.24) is 10.6 Å². The Labute approximate surface area is 191 Å². The lowest BCUT2D eigenvalue weighted by Crippen LogP contribution is -2.54. The van der Waals surface area contributed by atoms with Crippen molar-refractivity contribution >= 4 is 0 Å². The summed E-state index contributed by atoms with van der Waals surface area (Å²) in [6.07, 6.45) is -0.113. The zero-order valence-corrected chi connectivity index (χ0v) is 19.5. The molecule has 0 aromatic heterocycles. The molecule has 2 N–H and O–H groups in total. The summed E-state index contributed by atoms with van der Waals surface area (Å²) >= 11 is 0. The lowest BCUT2D eigenvalue weighted by molar-refractivity contribution is -0.286. The molecule has 2 aliphatic rings. The maximum Gasteiger partial charge on any atom is 0.163 e. The van der Waals surface area contributed by atoms with Crippen LogP contribution >= 0.6 is 0 Å². The predicted molar refractivity (Wildman–Crippen MR) is 124 cm³/mol. The van der Waals surface area contributed by atoms with Crippen LogP contribution in [0.1, 0.15) is 51.0 Å². The summed E-state index contributed by atoms with van der Waals surface area (Å²) in [5.74, 6) is -1.19. The van der Waals surface area contributed by atoms with Crippen LogP contribution in [0.4, 0.5) is 0 Å². The lowest BCUT2D eigenvalue weighted by Gasteiger charge is -2.42. The largest absolute Gasteiger partial charge is 0.349 e. The molecule has 2 fully saturated rings. The highest BCUT2D eigenvalue weighted by molar-refractivity contribution is 5.21. The Morgan fingerprint density at radius 3 is 1.41 bits per heavy atom. The van der Waals surface area contributed by atoms with Gasteiger partial charge >= 0.3 is 0 Å². The summed E-state index contributed by atoms with van der Waals surface area (Å²) < 4.78 is 24.4. The molecule has 0 unspecified atom stereocenters. The minimum absolute atomic E-state index is 0.0563. The summed E-state index contributed by atoms with van der Waals surface area (Å²) in [5, 5.41) is 7.25. The summed E-state index contributed by atoms with van der Waals surface area (Å²) in [5.41, 5.74) is 2.32. The number of ether oxygens (including phenoxy) is 4. The first-order chi connectivity index (χ1) is 15.3. The highest BCUT2D eigenvalue weighted by atomic mass is 16.7. The van der Waals surface area contributed by atoms with Crippen molar-refractivity contribution in [3.05, 3.63) is 71.8 Å². The second kappa shape index (κ2) is 10.00. The molecule has 32 heavy (non-hydrogen) atoms. The lowest BCUT2D eigenvalue weighted by atomic mass is 10.00. The van der Waals surface area contributed by atoms with Gasteiger partial charge in [0.05, 0.1) is 25.3 Å². The van der Waals surface area contributed by atoms with Crippen LogP contribution in [0.5, 0.6) is 0 Å². The van der Waals surface area contributed by atoms with Gasteiger partial charge in [-0.1, -0.05) is 60.7 Å². The predicted octanol–water partition coefficient (Wildman–Crippen LogP) is 3.95. The Bertz CT molecular complexity index is 772. The van der Waals surface area contributed by atoms with Gasteiger partial charge in [-0.15, -0.1) is 0 Å². The average molecular weight is 441 g/mol. The minimum atomic E-state index is -0.594. The van der Waals surface area contributed by atoms with Gasteiger partial charge in [0.25, 0.3) is 0 Å². The molecule has 6 nitrogen and oxygen atoms in total. The summed E-state index contributed by atoms with van der Waals surface area (Å²) in [6, 6.07) is 20.9. The molecule has 2 saturated heterocycles. The van der Waals surface area contributed by atoms with Gasteiger partial charge in [-0.25, -0.2) is 0 Å². The quantitative estimate of drug-likeness (QED) is 0.636. The van der Waals surface area contributed by atoms with Crippen LogP contribution in [0.25, 0.3) is 0 Å². The summed E-state index contributed by atoms with van der Waals surface area (Å²) in [6.45, 7) is 10.6. The van der Waals surface area contributed by atoms with Crippen molar-refractivity contribution in [2.75, 3.05) is 26.3 Å². The van der Waals surface area contributed by atoms with Crippen LogP contribution in [0, 0.1) is 0 Å². The molecule has 2 aromatic rings. The topological polar surface area (TPSA) is 61.0 Å². The maximum absolute atomic E-state index is 6.27. The zero-order valence-electron chi connectivity index (χ0n) is 19.5. The second-order valence-corrected chi connectivity index (χ2v) is 9.44. The van der Waals surface area contributed by atoms with E-state index in [1.54, 1.807) is 0 Å². The van der Waals surface area contributed by atoms with Crippen molar-refractivity contribution in [2.24, 2.45) is 0 Å². The van der Waals surface area contributed by atoms with Crippen LogP contribution in [0.3, 0.4) is 0 Å². The number of rotatable bonds is 7. The maximum atomic E-state index is 6.27. The van der Waals surface area contributed by atoms with E-state index in [1.165, 1.54) is 0 Å². The molecular formula is C26H36N2O4. The first-order valence-electron chi connectivity index (χ1n) is 11.5. The number of hydrogen-bond acceptors (Lipinski definition) is 6. The SMILES string of the molecule is CC1(C)OC[C@H](NCCN[C@H]2COC(C)(C)O[C@H]2c2ccccc2)[C@H](c2ccccc2)O1. The molecule has 2 heterocycles. The van der Waals surface area contributed by atoms with Gasteiger partial charge in [0, 0.05) is 13.1 Å². The summed E-state index contributed by atoms with van der Waals surface area (Å²) in [7, 11) is 0. The molecular weight excluding hydrogens is 404 g/mol. The first kappa shape index (κ1) is 23.4. The monoisotopic (exact) mass is 440 g/mol. The van der Waals surface area contributed by atoms with Crippen LogP contribution in [0.15, 0.2) is 60.7 Å². The van der Waals surface area contributed by atoms with E-state index < -0.39 is 11.6 Å². The smallest absolute Gasteiger partial charge is 0.163 e. The van der Waals surface area contributed by atoms with E-state index in [0.29, 0.717) is 13.2 Å². The van der Waals surface area contributed by atoms with E-state index in [9.17, 15) is 0 Å². The van der Waals surface area contributed by atoms with Crippen molar-refractivity contribution in [3.8, 4) is 0 Å². The van der Waals surface area contributed by atoms with Crippen molar-refractivity contribution in [3.63, 3.8) is 0 Å². The molecule has 2 aliphatic heterocycles. The number of hydrogen-bond donors (Lipinski definition) is 2. The van der Waals surface area contributed by atoms with E-state index in [4.69, 9.17) is 18.9 Å². The van der Waals surface area contributed by atoms with Gasteiger partial charge in [-0.05, 0) is 38.8 Å². The fourth-order valence-corrected chi connectivity index (χ4v) is 4.33. The number of benzene rings is 2. The van der Waals surface area contributed by atoms with Crippen molar-refractivity contribution in [2.45, 2.75) is 63.6 Å². The Balaban J connectivity index is 1.34. The highest BCUT2D eigenvalue weighted by Crippen LogP contribution is 2.34. The third-order valence-corrected chi connectivity index (χ3v) is 5.97. The van der Waals surface area contributed by atoms with E-state index in [-0.39, 0.29) is 24.3 Å². The van der Waals surface area contributed by atoms with E-state index >= 15 is 0 Å². The van der Waals surface area contributed by atoms with Gasteiger partial charge in [0.1, 0.15) is 12.2 Å². The van der Waals surface area contributed by atoms with Crippen LogP contribution < -0.4 is 10.6 Å². The van der Waals surface area contributed by atoms with Gasteiger partial charge < -0.3 is 29.6 Å². The van der Waals surface area contributed by atoms with Gasteiger partial charge in [-0.3, -0.25) is 0 Å². The molecule has 0 radical (unpaired) electrons. The van der Waals surface area contributed by atoms with E-state index in [0.717, 1.165) is 24.2 Å². The fourth-order valence-electron chi connectivity index (χ4n) is 4.33. The van der Waals surface area contributed by atoms with Crippen molar-refractivity contribution in [1.29, 1.82) is 0 Å². The Morgan fingerprint density at radius 1 is 0.656 bits per heavy atom. The molecule has 4 atom stereocenters. The van der Waals surface area contributed by atoms with E-state index in [2.05, 4.69) is 34.9 Å². The molecule has 174 valence electrons. The van der Waals surface area contributed by atoms with Gasteiger partial charge in [0.15, 0.2) is 11.6 Å². The van der Waals surface area contributed by atoms with Gasteiger partial charge in [0.2, 0.25) is 0 Å². The van der Waals surface area contributed by atoms with Crippen molar-refractivity contribution < 1.29 is 18.9 Å². The normalized spacial score (nSPS) is 29.5. The highest BCUT2D eigenvalue weighted by Gasteiger charge is 2.38. The second-order valence-electron chi connectivity index (χ2n) is 9.44. The summed E-state index contributed by atoms with van der Waals surface area (Å²) in [4.78, 5) is 0. The molecule has 0 amide bonds. The third-order valence-electron chi connectivity index (χ3n) is 5.97. The number of nitrogens with one attached hydrogen (secondary N) is 2. The van der Waals surface area contributed by atoms with Crippen LogP contribution in [0.2, 0.25) is 0 Å². The molecule has 0 aliphatic carbocycles. The average Bonchev–Trinajstić information content (AvgIpc) is 2.79.